The SMILES string of the molecule is CCCCCCCCCCN(CC=O)CCN(CCCCCCCCC)CCCCCCCCCC. The van der Waals surface area contributed by atoms with Gasteiger partial charge in [0.25, 0.3) is 0 Å². The van der Waals surface area contributed by atoms with Gasteiger partial charge in [-0.05, 0) is 38.9 Å². The molecule has 36 heavy (non-hydrogen) atoms. The van der Waals surface area contributed by atoms with Crippen LogP contribution in [0.3, 0.4) is 0 Å². The summed E-state index contributed by atoms with van der Waals surface area (Å²) in [6.45, 7) is 13.3. The minimum absolute atomic E-state index is 0.611. The summed E-state index contributed by atoms with van der Waals surface area (Å²) < 4.78 is 0. The molecular formula is C33H68N2O. The molecule has 216 valence electrons. The molecule has 0 aliphatic rings. The van der Waals surface area contributed by atoms with Crippen molar-refractivity contribution in [1.29, 1.82) is 0 Å². The normalized spacial score (nSPS) is 11.7. The zero-order valence-corrected chi connectivity index (χ0v) is 25.4. The maximum Gasteiger partial charge on any atom is 0.133 e. The van der Waals surface area contributed by atoms with Crippen LogP contribution in [0.4, 0.5) is 0 Å². The first-order chi connectivity index (χ1) is 17.8. The fraction of sp³-hybridized carbons (Fsp3) is 0.970. The lowest BCUT2D eigenvalue weighted by Crippen LogP contribution is -2.37. The minimum atomic E-state index is 0.611. The molecule has 0 spiro atoms. The highest BCUT2D eigenvalue weighted by Gasteiger charge is 2.09. The summed E-state index contributed by atoms with van der Waals surface area (Å²) in [4.78, 5) is 16.4. The van der Waals surface area contributed by atoms with Crippen LogP contribution in [0.5, 0.6) is 0 Å². The molecular weight excluding hydrogens is 440 g/mol. The van der Waals surface area contributed by atoms with Gasteiger partial charge in [-0.25, -0.2) is 0 Å². The number of aldehydes is 1. The molecule has 0 amide bonds. The third-order valence-corrected chi connectivity index (χ3v) is 7.80. The number of carbonyl (C=O) groups excluding carboxylic acids is 1. The molecule has 0 fully saturated rings. The van der Waals surface area contributed by atoms with Crippen molar-refractivity contribution in [3.05, 3.63) is 0 Å². The maximum absolute atomic E-state index is 11.3. The van der Waals surface area contributed by atoms with Crippen molar-refractivity contribution in [2.75, 3.05) is 39.3 Å². The summed E-state index contributed by atoms with van der Waals surface area (Å²) in [7, 11) is 0. The summed E-state index contributed by atoms with van der Waals surface area (Å²) in [5, 5.41) is 0. The van der Waals surface area contributed by atoms with E-state index in [2.05, 4.69) is 30.6 Å². The van der Waals surface area contributed by atoms with Crippen LogP contribution in [0.1, 0.15) is 168 Å². The lowest BCUT2D eigenvalue weighted by atomic mass is 10.1. The first-order valence-electron chi connectivity index (χ1n) is 16.7. The van der Waals surface area contributed by atoms with E-state index in [0.29, 0.717) is 6.54 Å². The molecule has 0 atom stereocenters. The number of rotatable bonds is 31. The lowest BCUT2D eigenvalue weighted by molar-refractivity contribution is -0.108. The van der Waals surface area contributed by atoms with Crippen molar-refractivity contribution in [2.45, 2.75) is 168 Å². The smallest absolute Gasteiger partial charge is 0.133 e. The number of carbonyl (C=O) groups is 1. The standard InChI is InChI=1S/C33H68N2O/c1-4-7-10-13-16-19-22-25-28-34(27-24-21-18-15-12-9-6-3)30-31-35(32-33-36)29-26-23-20-17-14-11-8-5-2/h33H,4-32H2,1-3H3. The van der Waals surface area contributed by atoms with Crippen LogP contribution < -0.4 is 0 Å². The van der Waals surface area contributed by atoms with Gasteiger partial charge in [0, 0.05) is 13.1 Å². The van der Waals surface area contributed by atoms with Crippen LogP contribution in [-0.2, 0) is 4.79 Å². The summed E-state index contributed by atoms with van der Waals surface area (Å²) >= 11 is 0. The predicted molar refractivity (Wildman–Crippen MR) is 162 cm³/mol. The van der Waals surface area contributed by atoms with E-state index >= 15 is 0 Å². The predicted octanol–water partition coefficient (Wildman–Crippen LogP) is 9.82. The Kier molecular flexibility index (Phi) is 30.5. The zero-order chi connectivity index (χ0) is 26.4. The zero-order valence-electron chi connectivity index (χ0n) is 25.4. The topological polar surface area (TPSA) is 23.6 Å². The molecule has 0 aliphatic heterocycles. The second kappa shape index (κ2) is 30.8. The van der Waals surface area contributed by atoms with Gasteiger partial charge < -0.3 is 9.69 Å². The Morgan fingerprint density at radius 2 is 0.639 bits per heavy atom. The molecule has 0 N–H and O–H groups in total. The highest BCUT2D eigenvalue weighted by molar-refractivity contribution is 5.51. The van der Waals surface area contributed by atoms with E-state index in [0.717, 1.165) is 25.9 Å². The monoisotopic (exact) mass is 509 g/mol. The summed E-state index contributed by atoms with van der Waals surface area (Å²) in [5.41, 5.74) is 0. The summed E-state index contributed by atoms with van der Waals surface area (Å²) in [5.74, 6) is 0. The van der Waals surface area contributed by atoms with Gasteiger partial charge in [0.15, 0.2) is 0 Å². The molecule has 0 aromatic heterocycles. The Bertz CT molecular complexity index is 414. The van der Waals surface area contributed by atoms with E-state index in [1.165, 1.54) is 161 Å². The van der Waals surface area contributed by atoms with Gasteiger partial charge in [-0.1, -0.05) is 149 Å². The van der Waals surface area contributed by atoms with Crippen LogP contribution >= 0.6 is 0 Å². The van der Waals surface area contributed by atoms with Gasteiger partial charge in [0.05, 0.1) is 6.54 Å². The molecule has 0 unspecified atom stereocenters. The Labute approximate surface area is 228 Å². The van der Waals surface area contributed by atoms with E-state index in [1.54, 1.807) is 0 Å². The first-order valence-corrected chi connectivity index (χ1v) is 16.7. The fourth-order valence-corrected chi connectivity index (χ4v) is 5.25. The number of hydrogen-bond donors (Lipinski definition) is 0. The second-order valence-electron chi connectivity index (χ2n) is 11.4. The Hall–Kier alpha value is -0.410. The molecule has 0 aromatic carbocycles. The molecule has 0 aliphatic carbocycles. The third kappa shape index (κ3) is 26.6. The van der Waals surface area contributed by atoms with Crippen LogP contribution in [0.2, 0.25) is 0 Å². The van der Waals surface area contributed by atoms with Crippen molar-refractivity contribution in [3.63, 3.8) is 0 Å². The van der Waals surface area contributed by atoms with Crippen LogP contribution in [0.15, 0.2) is 0 Å². The van der Waals surface area contributed by atoms with E-state index in [4.69, 9.17) is 0 Å². The quantitative estimate of drug-likeness (QED) is 0.0687. The van der Waals surface area contributed by atoms with Crippen molar-refractivity contribution < 1.29 is 4.79 Å². The Balaban J connectivity index is 4.24. The number of unbranched alkanes of at least 4 members (excludes halogenated alkanes) is 20. The summed E-state index contributed by atoms with van der Waals surface area (Å²) in [6.07, 6.45) is 32.8. The number of nitrogens with zero attached hydrogens (tertiary/aromatic N) is 2. The van der Waals surface area contributed by atoms with Crippen LogP contribution in [-0.4, -0.2) is 55.4 Å². The Morgan fingerprint density at radius 1 is 0.361 bits per heavy atom. The molecule has 0 rings (SSSR count). The van der Waals surface area contributed by atoms with E-state index < -0.39 is 0 Å². The van der Waals surface area contributed by atoms with Crippen LogP contribution in [0, 0.1) is 0 Å². The minimum Gasteiger partial charge on any atom is -0.302 e. The average molecular weight is 509 g/mol. The van der Waals surface area contributed by atoms with Gasteiger partial charge in [0.2, 0.25) is 0 Å². The molecule has 3 nitrogen and oxygen atoms in total. The van der Waals surface area contributed by atoms with Crippen molar-refractivity contribution in [3.8, 4) is 0 Å². The molecule has 0 aromatic rings. The second-order valence-corrected chi connectivity index (χ2v) is 11.4. The van der Waals surface area contributed by atoms with Gasteiger partial charge in [-0.15, -0.1) is 0 Å². The highest BCUT2D eigenvalue weighted by atomic mass is 16.1. The van der Waals surface area contributed by atoms with Gasteiger partial charge in [-0.2, -0.15) is 0 Å². The number of hydrogen-bond acceptors (Lipinski definition) is 3. The lowest BCUT2D eigenvalue weighted by Gasteiger charge is -2.27. The van der Waals surface area contributed by atoms with Gasteiger partial charge in [0.1, 0.15) is 6.29 Å². The summed E-state index contributed by atoms with van der Waals surface area (Å²) in [6, 6.07) is 0. The molecule has 3 heteroatoms. The van der Waals surface area contributed by atoms with E-state index in [1.807, 2.05) is 0 Å². The van der Waals surface area contributed by atoms with Crippen molar-refractivity contribution in [1.82, 2.24) is 9.80 Å². The fourth-order valence-electron chi connectivity index (χ4n) is 5.25. The third-order valence-electron chi connectivity index (χ3n) is 7.80. The molecule has 0 saturated carbocycles. The van der Waals surface area contributed by atoms with Crippen molar-refractivity contribution in [2.24, 2.45) is 0 Å². The average Bonchev–Trinajstić information content (AvgIpc) is 2.89. The molecule has 0 saturated heterocycles. The van der Waals surface area contributed by atoms with E-state index in [9.17, 15) is 4.79 Å². The van der Waals surface area contributed by atoms with Gasteiger partial charge >= 0.3 is 0 Å². The first kappa shape index (κ1) is 35.6. The maximum atomic E-state index is 11.3. The molecule has 0 bridgehead atoms. The Morgan fingerprint density at radius 3 is 0.972 bits per heavy atom. The van der Waals surface area contributed by atoms with Crippen molar-refractivity contribution >= 4 is 6.29 Å². The largest absolute Gasteiger partial charge is 0.302 e. The molecule has 0 heterocycles. The van der Waals surface area contributed by atoms with E-state index in [-0.39, 0.29) is 0 Å². The molecule has 0 radical (unpaired) electrons. The van der Waals surface area contributed by atoms with Crippen LogP contribution in [0.25, 0.3) is 0 Å². The highest BCUT2D eigenvalue weighted by Crippen LogP contribution is 2.12. The van der Waals surface area contributed by atoms with Gasteiger partial charge in [-0.3, -0.25) is 4.90 Å².